The zero-order valence-corrected chi connectivity index (χ0v) is 38.4. The number of allylic oxidation sites excluding steroid dienone is 13. The molecule has 0 aliphatic heterocycles. The van der Waals surface area contributed by atoms with E-state index in [1.54, 1.807) is 0 Å². The van der Waals surface area contributed by atoms with E-state index in [-0.39, 0.29) is 32.2 Å². The minimum atomic E-state index is -4.66. The summed E-state index contributed by atoms with van der Waals surface area (Å²) < 4.78 is 33.8. The fourth-order valence-corrected chi connectivity index (χ4v) is 6.10. The number of esters is 2. The Hall–Kier alpha value is -2.85. The third-order valence-corrected chi connectivity index (χ3v) is 9.92. The maximum atomic E-state index is 12.7. The predicted octanol–water partition coefficient (Wildman–Crippen LogP) is 11.1. The number of hydrogen-bond donors (Lipinski definition) is 1. The smallest absolute Gasteiger partial charge is 0.306 e. The van der Waals surface area contributed by atoms with E-state index in [9.17, 15) is 24.2 Å². The Kier molecular flexibility index (Phi) is 37.4. The van der Waals surface area contributed by atoms with Crippen molar-refractivity contribution in [3.63, 3.8) is 0 Å². The molecule has 59 heavy (non-hydrogen) atoms. The SMILES string of the molecule is CCCCC/C=C\C/C=C\C/C=C\CCCCCCC(=O)OC[C@H](COP(=O)([O-])OCC[N+](C)(C)C)OC(=O)CCC/C=C\C/C=C\C/C=C\C/C=C\[C@H](O)CCCC. The molecule has 0 aliphatic rings. The molecule has 1 unspecified atom stereocenters. The van der Waals surface area contributed by atoms with E-state index in [1.807, 2.05) is 45.4 Å². The van der Waals surface area contributed by atoms with Crippen LogP contribution in [0.5, 0.6) is 0 Å². The second kappa shape index (κ2) is 39.3. The number of likely N-dealkylation sites (N-methyl/N-ethyl adjacent to an activating group) is 1. The van der Waals surface area contributed by atoms with Crippen molar-refractivity contribution in [2.45, 2.75) is 161 Å². The first-order valence-electron chi connectivity index (χ1n) is 22.4. The van der Waals surface area contributed by atoms with Gasteiger partial charge in [-0.25, -0.2) is 0 Å². The van der Waals surface area contributed by atoms with Crippen molar-refractivity contribution >= 4 is 19.8 Å². The van der Waals surface area contributed by atoms with Crippen LogP contribution in [-0.4, -0.2) is 81.2 Å². The lowest BCUT2D eigenvalue weighted by molar-refractivity contribution is -0.870. The van der Waals surface area contributed by atoms with Crippen molar-refractivity contribution in [1.29, 1.82) is 0 Å². The summed E-state index contributed by atoms with van der Waals surface area (Å²) in [5.74, 6) is -0.957. The predicted molar refractivity (Wildman–Crippen MR) is 242 cm³/mol. The lowest BCUT2D eigenvalue weighted by Crippen LogP contribution is -2.37. The third-order valence-electron chi connectivity index (χ3n) is 8.96. The van der Waals surface area contributed by atoms with Gasteiger partial charge in [0.1, 0.15) is 19.8 Å². The number of hydrogen-bond acceptors (Lipinski definition) is 9. The number of unbranched alkanes of at least 4 members (excludes halogenated alkanes) is 9. The quantitative estimate of drug-likeness (QED) is 0.0211. The second-order valence-corrected chi connectivity index (χ2v) is 17.3. The second-order valence-electron chi connectivity index (χ2n) is 15.9. The lowest BCUT2D eigenvalue weighted by Gasteiger charge is -2.28. The minimum Gasteiger partial charge on any atom is -0.756 e. The highest BCUT2D eigenvalue weighted by molar-refractivity contribution is 7.45. The monoisotopic (exact) mass is 848 g/mol. The summed E-state index contributed by atoms with van der Waals surface area (Å²) in [6, 6.07) is 0. The number of carbonyl (C=O) groups excluding carboxylic acids is 2. The molecule has 0 spiro atoms. The molecule has 0 aromatic heterocycles. The molecule has 0 fully saturated rings. The van der Waals surface area contributed by atoms with Gasteiger partial charge in [-0.05, 0) is 83.5 Å². The molecular formula is C48H82NO9P. The Labute approximate surface area is 359 Å². The van der Waals surface area contributed by atoms with Crippen LogP contribution < -0.4 is 4.89 Å². The molecule has 0 amide bonds. The molecule has 338 valence electrons. The molecule has 0 bridgehead atoms. The van der Waals surface area contributed by atoms with E-state index in [2.05, 4.69) is 74.6 Å². The van der Waals surface area contributed by atoms with E-state index in [0.717, 1.165) is 77.0 Å². The number of phosphoric ester groups is 1. The fraction of sp³-hybridized carbons (Fsp3) is 0.667. The summed E-state index contributed by atoms with van der Waals surface area (Å²) in [7, 11) is 1.08. The fourth-order valence-electron chi connectivity index (χ4n) is 5.38. The molecule has 0 saturated carbocycles. The zero-order chi connectivity index (χ0) is 43.7. The van der Waals surface area contributed by atoms with Crippen LogP contribution in [-0.2, 0) is 32.7 Å². The van der Waals surface area contributed by atoms with Crippen LogP contribution in [0.3, 0.4) is 0 Å². The van der Waals surface area contributed by atoms with Crippen LogP contribution >= 0.6 is 7.82 Å². The first-order valence-corrected chi connectivity index (χ1v) is 23.8. The zero-order valence-electron chi connectivity index (χ0n) is 37.5. The van der Waals surface area contributed by atoms with Gasteiger partial charge in [-0.2, -0.15) is 0 Å². The highest BCUT2D eigenvalue weighted by atomic mass is 31.2. The van der Waals surface area contributed by atoms with E-state index in [0.29, 0.717) is 30.3 Å². The van der Waals surface area contributed by atoms with Gasteiger partial charge in [0.2, 0.25) is 0 Å². The Bertz CT molecular complexity index is 1300. The maximum Gasteiger partial charge on any atom is 0.306 e. The van der Waals surface area contributed by atoms with Gasteiger partial charge in [0.25, 0.3) is 7.82 Å². The summed E-state index contributed by atoms with van der Waals surface area (Å²) in [6.07, 6.45) is 46.6. The van der Waals surface area contributed by atoms with Crippen molar-refractivity contribution in [3.05, 3.63) is 85.1 Å². The number of aliphatic hydroxyl groups is 1. The molecule has 0 saturated heterocycles. The van der Waals surface area contributed by atoms with Crippen molar-refractivity contribution in [2.24, 2.45) is 0 Å². The van der Waals surface area contributed by atoms with Crippen molar-refractivity contribution in [1.82, 2.24) is 0 Å². The van der Waals surface area contributed by atoms with Gasteiger partial charge in [-0.1, -0.05) is 137 Å². The molecule has 0 rings (SSSR count). The molecule has 0 radical (unpaired) electrons. The number of aliphatic hydroxyl groups excluding tert-OH is 1. The first-order chi connectivity index (χ1) is 28.4. The van der Waals surface area contributed by atoms with E-state index in [1.165, 1.54) is 25.7 Å². The molecule has 0 aliphatic carbocycles. The summed E-state index contributed by atoms with van der Waals surface area (Å²) >= 11 is 0. The summed E-state index contributed by atoms with van der Waals surface area (Å²) in [6.45, 7) is 3.91. The Morgan fingerprint density at radius 1 is 0.610 bits per heavy atom. The highest BCUT2D eigenvalue weighted by Gasteiger charge is 2.21. The van der Waals surface area contributed by atoms with E-state index < -0.39 is 32.5 Å². The van der Waals surface area contributed by atoms with Crippen LogP contribution in [0.4, 0.5) is 0 Å². The van der Waals surface area contributed by atoms with E-state index in [4.69, 9.17) is 18.5 Å². The van der Waals surface area contributed by atoms with Gasteiger partial charge >= 0.3 is 11.9 Å². The average molecular weight is 848 g/mol. The third kappa shape index (κ3) is 43.1. The number of ether oxygens (including phenoxy) is 2. The number of nitrogens with zero attached hydrogens (tertiary/aromatic N) is 1. The van der Waals surface area contributed by atoms with E-state index >= 15 is 0 Å². The number of phosphoric acid groups is 1. The number of carbonyl (C=O) groups is 2. The Morgan fingerprint density at radius 2 is 1.10 bits per heavy atom. The molecule has 11 heteroatoms. The Balaban J connectivity index is 4.54. The molecule has 10 nitrogen and oxygen atoms in total. The molecule has 0 aromatic carbocycles. The molecule has 1 N–H and O–H groups in total. The van der Waals surface area contributed by atoms with Crippen LogP contribution in [0.25, 0.3) is 0 Å². The van der Waals surface area contributed by atoms with Crippen molar-refractivity contribution < 1.29 is 47.2 Å². The van der Waals surface area contributed by atoms with Crippen molar-refractivity contribution in [2.75, 3.05) is 47.5 Å². The number of quaternary nitrogens is 1. The van der Waals surface area contributed by atoms with Crippen molar-refractivity contribution in [3.8, 4) is 0 Å². The summed E-state index contributed by atoms with van der Waals surface area (Å²) in [5.41, 5.74) is 0. The Morgan fingerprint density at radius 3 is 1.66 bits per heavy atom. The standard InChI is InChI=1S/C48H82NO9P/c1-6-8-10-11-12-13-14-15-16-17-18-19-23-26-29-32-35-39-47(51)55-43-46(44-57-59(53,54)56-42-41-49(3,4)5)58-48(52)40-36-33-30-27-24-21-20-22-25-28-31-34-38-45(50)37-9-7-2/h12-13,15-16,18-21,25,27-28,30,34,38,45-46,50H,6-11,14,17,22-24,26,29,31-33,35-37,39-44H2,1-5H3/b13-12-,16-15-,19-18-,21-20-,28-25-,30-27-,38-34-/t45-,46-/m1/s1. The molecule has 0 aromatic rings. The average Bonchev–Trinajstić information content (AvgIpc) is 3.18. The summed E-state index contributed by atoms with van der Waals surface area (Å²) in [5, 5.41) is 9.83. The molecule has 3 atom stereocenters. The normalized spacial score (nSPS) is 14.9. The maximum absolute atomic E-state index is 12.7. The van der Waals surface area contributed by atoms with Gasteiger partial charge < -0.3 is 33.0 Å². The van der Waals surface area contributed by atoms with Gasteiger partial charge in [-0.15, -0.1) is 0 Å². The van der Waals surface area contributed by atoms with Crippen LogP contribution in [0.2, 0.25) is 0 Å². The lowest BCUT2D eigenvalue weighted by atomic mass is 10.1. The van der Waals surface area contributed by atoms with Crippen LogP contribution in [0.15, 0.2) is 85.1 Å². The largest absolute Gasteiger partial charge is 0.756 e. The van der Waals surface area contributed by atoms with Gasteiger partial charge in [0.05, 0.1) is 33.9 Å². The number of rotatable bonds is 39. The van der Waals surface area contributed by atoms with Crippen LogP contribution in [0.1, 0.15) is 149 Å². The summed E-state index contributed by atoms with van der Waals surface area (Å²) in [4.78, 5) is 37.5. The first kappa shape index (κ1) is 56.1. The van der Waals surface area contributed by atoms with Crippen LogP contribution in [0, 0.1) is 0 Å². The van der Waals surface area contributed by atoms with Gasteiger partial charge in [0, 0.05) is 12.8 Å². The topological polar surface area (TPSA) is 131 Å². The minimum absolute atomic E-state index is 0.0569. The highest BCUT2D eigenvalue weighted by Crippen LogP contribution is 2.38. The molecular weight excluding hydrogens is 765 g/mol. The van der Waals surface area contributed by atoms with Gasteiger partial charge in [-0.3, -0.25) is 14.2 Å². The van der Waals surface area contributed by atoms with Gasteiger partial charge in [0.15, 0.2) is 6.10 Å². The molecule has 0 heterocycles.